The molecule has 0 saturated carbocycles. The van der Waals surface area contributed by atoms with Gasteiger partial charge in [0.05, 0.1) is 0 Å². The van der Waals surface area contributed by atoms with E-state index in [0.717, 1.165) is 17.9 Å². The van der Waals surface area contributed by atoms with E-state index in [0.29, 0.717) is 6.42 Å². The zero-order valence-electron chi connectivity index (χ0n) is 21.0. The first-order chi connectivity index (χ1) is 17.2. The number of unbranched alkanes of at least 4 members (excludes halogenated alkanes) is 1. The summed E-state index contributed by atoms with van der Waals surface area (Å²) in [5.41, 5.74) is 1.26. The van der Waals surface area contributed by atoms with E-state index in [1.165, 1.54) is 33.3 Å². The minimum Gasteiger partial charge on any atom is -0.463 e. The van der Waals surface area contributed by atoms with Crippen molar-refractivity contribution in [1.29, 1.82) is 0 Å². The largest absolute Gasteiger partial charge is 0.463 e. The molecule has 1 aromatic rings. The molecule has 11 heteroatoms. The van der Waals surface area contributed by atoms with Crippen LogP contribution in [0.3, 0.4) is 0 Å². The maximum absolute atomic E-state index is 11.8. The summed E-state index contributed by atoms with van der Waals surface area (Å²) < 4.78 is 33.0. The number of carbonyl (C=O) groups is 4. The molecule has 0 radical (unpaired) electrons. The van der Waals surface area contributed by atoms with Crippen LogP contribution in [0, 0.1) is 0 Å². The van der Waals surface area contributed by atoms with Crippen LogP contribution in [0.5, 0.6) is 0 Å². The molecule has 0 aromatic heterocycles. The Labute approximate surface area is 215 Å². The van der Waals surface area contributed by atoms with Gasteiger partial charge in [0.2, 0.25) is 0 Å². The van der Waals surface area contributed by atoms with E-state index >= 15 is 0 Å². The Morgan fingerprint density at radius 1 is 0.806 bits per heavy atom. The number of hydrogen-bond donors (Lipinski definition) is 0. The molecular weight excluding hydrogens is 492 g/mol. The maximum atomic E-state index is 11.8. The number of carbonyl (C=O) groups excluding carboxylic acids is 4. The van der Waals surface area contributed by atoms with Crippen molar-refractivity contribution in [3.8, 4) is 0 Å². The van der Waals surface area contributed by atoms with Gasteiger partial charge in [0.1, 0.15) is 12.7 Å². The highest BCUT2D eigenvalue weighted by Gasteiger charge is 2.52. The van der Waals surface area contributed by atoms with E-state index in [-0.39, 0.29) is 13.2 Å². The molecule has 0 amide bonds. The van der Waals surface area contributed by atoms with Crippen LogP contribution in [0.25, 0.3) is 0 Å². The first kappa shape index (κ1) is 29.6. The van der Waals surface area contributed by atoms with Gasteiger partial charge in [-0.05, 0) is 24.2 Å². The van der Waals surface area contributed by atoms with Gasteiger partial charge in [-0.25, -0.2) is 0 Å². The van der Waals surface area contributed by atoms with Crippen molar-refractivity contribution >= 4 is 35.6 Å². The van der Waals surface area contributed by atoms with E-state index in [1.54, 1.807) is 0 Å². The van der Waals surface area contributed by atoms with E-state index < -0.39 is 54.6 Å². The normalized spacial score (nSPS) is 23.4. The third-order valence-corrected chi connectivity index (χ3v) is 6.14. The summed E-state index contributed by atoms with van der Waals surface area (Å²) in [5, 5.41) is 0. The van der Waals surface area contributed by atoms with Crippen LogP contribution < -0.4 is 0 Å². The molecule has 1 aromatic carbocycles. The molecule has 1 heterocycles. The topological polar surface area (TPSA) is 124 Å². The summed E-state index contributed by atoms with van der Waals surface area (Å²) in [7, 11) is 0. The van der Waals surface area contributed by atoms with Gasteiger partial charge in [0.25, 0.3) is 0 Å². The number of ether oxygens (including phenoxy) is 6. The van der Waals surface area contributed by atoms with Gasteiger partial charge in [0.15, 0.2) is 24.6 Å². The molecule has 2 rings (SSSR count). The van der Waals surface area contributed by atoms with Crippen LogP contribution in [0.1, 0.15) is 46.1 Å². The van der Waals surface area contributed by atoms with E-state index in [1.807, 2.05) is 30.0 Å². The molecule has 5 atom stereocenters. The summed E-state index contributed by atoms with van der Waals surface area (Å²) in [5.74, 6) is -0.749. The quantitative estimate of drug-likeness (QED) is 0.214. The lowest BCUT2D eigenvalue weighted by atomic mass is 9.98. The number of benzene rings is 1. The number of esters is 4. The fourth-order valence-electron chi connectivity index (χ4n) is 3.59. The Kier molecular flexibility index (Phi) is 12.7. The summed E-state index contributed by atoms with van der Waals surface area (Å²) in [6.07, 6.45) is -4.18. The third-order valence-electron chi connectivity index (χ3n) is 5.02. The predicted molar refractivity (Wildman–Crippen MR) is 130 cm³/mol. The predicted octanol–water partition coefficient (Wildman–Crippen LogP) is 2.80. The number of hydrogen-bond acceptors (Lipinski definition) is 11. The lowest BCUT2D eigenvalue weighted by molar-refractivity contribution is -0.308. The van der Waals surface area contributed by atoms with Gasteiger partial charge in [-0.2, -0.15) is 11.8 Å². The van der Waals surface area contributed by atoms with E-state index in [2.05, 4.69) is 12.1 Å². The Hall–Kier alpha value is -2.63. The van der Waals surface area contributed by atoms with Crippen molar-refractivity contribution in [1.82, 2.24) is 0 Å². The molecule has 1 aliphatic heterocycles. The van der Waals surface area contributed by atoms with Crippen molar-refractivity contribution in [3.05, 3.63) is 35.9 Å². The monoisotopic (exact) mass is 526 g/mol. The van der Waals surface area contributed by atoms with Crippen LogP contribution in [0.2, 0.25) is 0 Å². The zero-order valence-corrected chi connectivity index (χ0v) is 21.8. The molecule has 0 aliphatic carbocycles. The average molecular weight is 527 g/mol. The summed E-state index contributed by atoms with van der Waals surface area (Å²) in [4.78, 5) is 46.8. The molecule has 200 valence electrons. The Balaban J connectivity index is 2.03. The second-order valence-corrected chi connectivity index (χ2v) is 9.29. The molecule has 1 aliphatic rings. The van der Waals surface area contributed by atoms with Gasteiger partial charge >= 0.3 is 23.9 Å². The first-order valence-electron chi connectivity index (χ1n) is 11.7. The molecule has 36 heavy (non-hydrogen) atoms. The van der Waals surface area contributed by atoms with Gasteiger partial charge < -0.3 is 28.4 Å². The molecule has 10 nitrogen and oxygen atoms in total. The Morgan fingerprint density at radius 3 is 2.03 bits per heavy atom. The summed E-state index contributed by atoms with van der Waals surface area (Å²) in [6.45, 7) is 4.76. The van der Waals surface area contributed by atoms with Crippen LogP contribution in [-0.4, -0.2) is 73.5 Å². The average Bonchev–Trinajstić information content (AvgIpc) is 2.80. The minimum absolute atomic E-state index is 0.277. The fourth-order valence-corrected chi connectivity index (χ4v) is 4.57. The second kappa shape index (κ2) is 15.5. The van der Waals surface area contributed by atoms with Gasteiger partial charge in [-0.1, -0.05) is 30.3 Å². The zero-order chi connectivity index (χ0) is 26.5. The lowest BCUT2D eigenvalue weighted by Crippen LogP contribution is -2.63. The molecular formula is C25H34O10S. The molecule has 0 bridgehead atoms. The van der Waals surface area contributed by atoms with Gasteiger partial charge in [0, 0.05) is 40.1 Å². The number of thioether (sulfide) groups is 1. The standard InChI is InChI=1S/C25H34O10S/c1-16(26)31-14-21-22(32-17(2)27)23(33-18(3)28)24(34-19(4)29)25(35-21)30-12-8-9-13-36-15-20-10-6-5-7-11-20/h5-7,10-11,21-25H,8-9,12-15H2,1-4H3/t21?,22-,23+,24?,25-/m1/s1. The number of rotatable bonds is 13. The van der Waals surface area contributed by atoms with E-state index in [4.69, 9.17) is 28.4 Å². The first-order valence-corrected chi connectivity index (χ1v) is 12.9. The van der Waals surface area contributed by atoms with Crippen LogP contribution in [-0.2, 0) is 53.4 Å². The van der Waals surface area contributed by atoms with Gasteiger partial charge in [-0.3, -0.25) is 19.2 Å². The fraction of sp³-hybridized carbons (Fsp3) is 0.600. The SMILES string of the molecule is CC(=O)OCC1O[C@@H](OCCCCSCc2ccccc2)C(OC(C)=O)[C@@H](OC(C)=O)[C@@H]1OC(C)=O. The van der Waals surface area contributed by atoms with E-state index in [9.17, 15) is 19.2 Å². The third kappa shape index (κ3) is 10.5. The Bertz CT molecular complexity index is 862. The van der Waals surface area contributed by atoms with Crippen molar-refractivity contribution < 1.29 is 47.6 Å². The van der Waals surface area contributed by atoms with Crippen molar-refractivity contribution in [2.75, 3.05) is 19.0 Å². The molecule has 1 fully saturated rings. The maximum Gasteiger partial charge on any atom is 0.303 e. The summed E-state index contributed by atoms with van der Waals surface area (Å²) >= 11 is 1.81. The van der Waals surface area contributed by atoms with Crippen molar-refractivity contribution in [2.24, 2.45) is 0 Å². The highest BCUT2D eigenvalue weighted by Crippen LogP contribution is 2.30. The lowest BCUT2D eigenvalue weighted by Gasteiger charge is -2.44. The molecule has 0 N–H and O–H groups in total. The molecule has 2 unspecified atom stereocenters. The minimum atomic E-state index is -1.23. The molecule has 0 spiro atoms. The smallest absolute Gasteiger partial charge is 0.303 e. The Morgan fingerprint density at radius 2 is 1.42 bits per heavy atom. The van der Waals surface area contributed by atoms with Gasteiger partial charge in [-0.15, -0.1) is 0 Å². The summed E-state index contributed by atoms with van der Waals surface area (Å²) in [6, 6.07) is 10.2. The van der Waals surface area contributed by atoms with Crippen molar-refractivity contribution in [2.45, 2.75) is 77.0 Å². The van der Waals surface area contributed by atoms with Crippen molar-refractivity contribution in [3.63, 3.8) is 0 Å². The van der Waals surface area contributed by atoms with Crippen LogP contribution in [0.15, 0.2) is 30.3 Å². The highest BCUT2D eigenvalue weighted by atomic mass is 32.2. The molecule has 1 saturated heterocycles. The van der Waals surface area contributed by atoms with Crippen LogP contribution in [0.4, 0.5) is 0 Å². The van der Waals surface area contributed by atoms with Crippen LogP contribution >= 0.6 is 11.8 Å². The second-order valence-electron chi connectivity index (χ2n) is 8.18. The highest BCUT2D eigenvalue weighted by molar-refractivity contribution is 7.98.